The highest BCUT2D eigenvalue weighted by Crippen LogP contribution is 2.21. The first kappa shape index (κ1) is 11.4. The van der Waals surface area contributed by atoms with Gasteiger partial charge in [-0.1, -0.05) is 12.1 Å². The largest absolute Gasteiger partial charge is 0.345 e. The summed E-state index contributed by atoms with van der Waals surface area (Å²) in [6.07, 6.45) is 3.43. The first-order valence-corrected chi connectivity index (χ1v) is 5.59. The summed E-state index contributed by atoms with van der Waals surface area (Å²) in [5, 5.41) is 0. The zero-order chi connectivity index (χ0) is 12.3. The average Bonchev–Trinajstić information content (AvgIpc) is 2.84. The van der Waals surface area contributed by atoms with Gasteiger partial charge in [0.25, 0.3) is 0 Å². The zero-order valence-electron chi connectivity index (χ0n) is 9.97. The van der Waals surface area contributed by atoms with Crippen LogP contribution in [0.1, 0.15) is 13.8 Å². The van der Waals surface area contributed by atoms with E-state index in [2.05, 4.69) is 9.97 Å². The van der Waals surface area contributed by atoms with Crippen LogP contribution in [0.2, 0.25) is 0 Å². The Morgan fingerprint density at radius 1 is 1.35 bits per heavy atom. The van der Waals surface area contributed by atoms with Crippen molar-refractivity contribution in [3.63, 3.8) is 0 Å². The third-order valence-corrected chi connectivity index (χ3v) is 2.68. The van der Waals surface area contributed by atoms with E-state index in [4.69, 9.17) is 0 Å². The Balaban J connectivity index is 2.26. The lowest BCUT2D eigenvalue weighted by atomic mass is 10.1. The normalized spacial score (nSPS) is 10.2. The Bertz CT molecular complexity index is 488. The number of H-pyrrole nitrogens is 1. The van der Waals surface area contributed by atoms with E-state index in [0.717, 1.165) is 16.9 Å². The Morgan fingerprint density at radius 2 is 2.06 bits per heavy atom. The molecule has 88 valence electrons. The monoisotopic (exact) mass is 229 g/mol. The number of amides is 1. The Morgan fingerprint density at radius 3 is 2.53 bits per heavy atom. The quantitative estimate of drug-likeness (QED) is 0.878. The maximum atomic E-state index is 11.4. The molecule has 0 radical (unpaired) electrons. The number of carbonyl (C=O) groups is 1. The molecule has 0 aliphatic carbocycles. The number of benzene rings is 1. The first-order chi connectivity index (χ1) is 8.22. The molecule has 0 aliphatic heterocycles. The molecule has 4 heteroatoms. The lowest BCUT2D eigenvalue weighted by molar-refractivity contribution is -0.116. The van der Waals surface area contributed by atoms with E-state index in [1.165, 1.54) is 0 Å². The maximum Gasteiger partial charge on any atom is 0.223 e. The van der Waals surface area contributed by atoms with E-state index < -0.39 is 0 Å². The first-order valence-electron chi connectivity index (χ1n) is 5.59. The number of hydrogen-bond donors (Lipinski definition) is 1. The van der Waals surface area contributed by atoms with Crippen molar-refractivity contribution in [1.82, 2.24) is 9.97 Å². The van der Waals surface area contributed by atoms with Gasteiger partial charge in [0.05, 0.1) is 18.2 Å². The van der Waals surface area contributed by atoms with Gasteiger partial charge < -0.3 is 9.88 Å². The standard InChI is InChI=1S/C13H15N3O/c1-3-16(10(2)17)12-6-4-11(5-7-12)13-8-14-9-15-13/h4-9H,3H2,1-2H3,(H,14,15). The molecule has 0 aliphatic rings. The molecule has 0 atom stereocenters. The van der Waals surface area contributed by atoms with Crippen LogP contribution in [-0.4, -0.2) is 22.4 Å². The molecule has 0 fully saturated rings. The van der Waals surface area contributed by atoms with Crippen LogP contribution >= 0.6 is 0 Å². The van der Waals surface area contributed by atoms with Crippen molar-refractivity contribution in [3.05, 3.63) is 36.8 Å². The molecule has 1 aromatic carbocycles. The molecule has 0 unspecified atom stereocenters. The molecule has 4 nitrogen and oxygen atoms in total. The van der Waals surface area contributed by atoms with Crippen LogP contribution in [0.5, 0.6) is 0 Å². The Labute approximate surface area is 100 Å². The number of aromatic amines is 1. The van der Waals surface area contributed by atoms with Gasteiger partial charge in [0.1, 0.15) is 0 Å². The molecule has 1 N–H and O–H groups in total. The van der Waals surface area contributed by atoms with Gasteiger partial charge >= 0.3 is 0 Å². The van der Waals surface area contributed by atoms with Crippen LogP contribution in [0.4, 0.5) is 5.69 Å². The van der Waals surface area contributed by atoms with E-state index in [1.54, 1.807) is 24.3 Å². The summed E-state index contributed by atoms with van der Waals surface area (Å²) in [5.41, 5.74) is 2.96. The van der Waals surface area contributed by atoms with Gasteiger partial charge in [-0.15, -0.1) is 0 Å². The van der Waals surface area contributed by atoms with E-state index in [0.29, 0.717) is 6.54 Å². The molecule has 0 saturated carbocycles. The predicted octanol–water partition coefficient (Wildman–Crippen LogP) is 2.45. The number of imidazole rings is 1. The second-order valence-electron chi connectivity index (χ2n) is 3.78. The van der Waals surface area contributed by atoms with Gasteiger partial charge in [-0.2, -0.15) is 0 Å². The summed E-state index contributed by atoms with van der Waals surface area (Å²) < 4.78 is 0. The number of rotatable bonds is 3. The van der Waals surface area contributed by atoms with Crippen LogP contribution in [0.15, 0.2) is 36.8 Å². The van der Waals surface area contributed by atoms with E-state index in [9.17, 15) is 4.79 Å². The van der Waals surface area contributed by atoms with E-state index >= 15 is 0 Å². The Hall–Kier alpha value is -2.10. The number of carbonyl (C=O) groups excluding carboxylic acids is 1. The van der Waals surface area contributed by atoms with Crippen LogP contribution < -0.4 is 4.90 Å². The topological polar surface area (TPSA) is 49.0 Å². The van der Waals surface area contributed by atoms with Crippen molar-refractivity contribution in [3.8, 4) is 11.3 Å². The molecular weight excluding hydrogens is 214 g/mol. The van der Waals surface area contributed by atoms with Crippen LogP contribution in [-0.2, 0) is 4.79 Å². The molecule has 0 bridgehead atoms. The second-order valence-corrected chi connectivity index (χ2v) is 3.78. The minimum atomic E-state index is 0.0572. The number of anilines is 1. The molecule has 2 rings (SSSR count). The fraction of sp³-hybridized carbons (Fsp3) is 0.231. The molecule has 0 saturated heterocycles. The van der Waals surface area contributed by atoms with Crippen LogP contribution in [0.3, 0.4) is 0 Å². The van der Waals surface area contributed by atoms with Crippen molar-refractivity contribution in [2.75, 3.05) is 11.4 Å². The molecule has 1 amide bonds. The van der Waals surface area contributed by atoms with Crippen molar-refractivity contribution < 1.29 is 4.79 Å². The summed E-state index contributed by atoms with van der Waals surface area (Å²) >= 11 is 0. The highest BCUT2D eigenvalue weighted by atomic mass is 16.2. The molecule has 0 spiro atoms. The van der Waals surface area contributed by atoms with Gasteiger partial charge in [0.2, 0.25) is 5.91 Å². The van der Waals surface area contributed by atoms with Crippen molar-refractivity contribution in [2.24, 2.45) is 0 Å². The minimum Gasteiger partial charge on any atom is -0.345 e. The summed E-state index contributed by atoms with van der Waals surface area (Å²) in [7, 11) is 0. The van der Waals surface area contributed by atoms with Gasteiger partial charge in [-0.3, -0.25) is 4.79 Å². The van der Waals surface area contributed by atoms with E-state index in [1.807, 2.05) is 31.2 Å². The van der Waals surface area contributed by atoms with Crippen molar-refractivity contribution >= 4 is 11.6 Å². The highest BCUT2D eigenvalue weighted by molar-refractivity contribution is 5.91. The van der Waals surface area contributed by atoms with Crippen molar-refractivity contribution in [2.45, 2.75) is 13.8 Å². The van der Waals surface area contributed by atoms with Gasteiger partial charge in [-0.05, 0) is 24.6 Å². The third-order valence-electron chi connectivity index (χ3n) is 2.68. The second kappa shape index (κ2) is 4.82. The molecule has 17 heavy (non-hydrogen) atoms. The van der Waals surface area contributed by atoms with Gasteiger partial charge in [0.15, 0.2) is 0 Å². The highest BCUT2D eigenvalue weighted by Gasteiger charge is 2.08. The molecular formula is C13H15N3O. The van der Waals surface area contributed by atoms with E-state index in [-0.39, 0.29) is 5.91 Å². The summed E-state index contributed by atoms with van der Waals surface area (Å²) in [6.45, 7) is 4.22. The van der Waals surface area contributed by atoms with Crippen LogP contribution in [0.25, 0.3) is 11.3 Å². The third kappa shape index (κ3) is 2.36. The summed E-state index contributed by atoms with van der Waals surface area (Å²) in [6, 6.07) is 7.85. The molecule has 1 heterocycles. The number of aromatic nitrogens is 2. The number of nitrogens with one attached hydrogen (secondary N) is 1. The van der Waals surface area contributed by atoms with Gasteiger partial charge in [-0.25, -0.2) is 4.98 Å². The lowest BCUT2D eigenvalue weighted by Crippen LogP contribution is -2.27. The Kier molecular flexibility index (Phi) is 3.23. The zero-order valence-corrected chi connectivity index (χ0v) is 9.97. The fourth-order valence-electron chi connectivity index (χ4n) is 1.82. The molecule has 1 aromatic heterocycles. The number of nitrogens with zero attached hydrogens (tertiary/aromatic N) is 2. The maximum absolute atomic E-state index is 11.4. The van der Waals surface area contributed by atoms with Gasteiger partial charge in [0, 0.05) is 19.2 Å². The van der Waals surface area contributed by atoms with Crippen LogP contribution in [0, 0.1) is 0 Å². The minimum absolute atomic E-state index is 0.0572. The van der Waals surface area contributed by atoms with Crippen molar-refractivity contribution in [1.29, 1.82) is 0 Å². The smallest absolute Gasteiger partial charge is 0.223 e. The fourth-order valence-corrected chi connectivity index (χ4v) is 1.82. The summed E-state index contributed by atoms with van der Waals surface area (Å²) in [5.74, 6) is 0.0572. The number of hydrogen-bond acceptors (Lipinski definition) is 2. The summed E-state index contributed by atoms with van der Waals surface area (Å²) in [4.78, 5) is 20.2. The SMILES string of the molecule is CCN(C(C)=O)c1ccc(-c2cnc[nH]2)cc1. The molecule has 2 aromatic rings. The average molecular weight is 229 g/mol. The predicted molar refractivity (Wildman–Crippen MR) is 67.7 cm³/mol. The lowest BCUT2D eigenvalue weighted by Gasteiger charge is -2.19.